The molecule has 1 aliphatic heterocycles. The van der Waals surface area contributed by atoms with Gasteiger partial charge in [0.2, 0.25) is 0 Å². The Bertz CT molecular complexity index is 619. The Hall–Kier alpha value is -1.75. The number of hydrogen-bond acceptors (Lipinski definition) is 3. The van der Waals surface area contributed by atoms with Crippen LogP contribution in [0.15, 0.2) is 18.2 Å². The van der Waals surface area contributed by atoms with Gasteiger partial charge in [0.15, 0.2) is 0 Å². The summed E-state index contributed by atoms with van der Waals surface area (Å²) in [6.45, 7) is 0.720. The Kier molecular flexibility index (Phi) is 4.12. The van der Waals surface area contributed by atoms with Crippen LogP contribution in [0.25, 0.3) is 0 Å². The number of methoxy groups -OCH3 is 1. The summed E-state index contributed by atoms with van der Waals surface area (Å²) in [5.74, 6) is 1.60. The van der Waals surface area contributed by atoms with Crippen molar-refractivity contribution in [2.24, 2.45) is 17.6 Å². The highest BCUT2D eigenvalue weighted by atomic mass is 16.5. The molecule has 3 N–H and O–H groups in total. The second-order valence-corrected chi connectivity index (χ2v) is 7.60. The number of anilines is 2. The first-order valence-electron chi connectivity index (χ1n) is 9.13. The van der Waals surface area contributed by atoms with Gasteiger partial charge in [0.1, 0.15) is 0 Å². The average molecular weight is 329 g/mol. The highest BCUT2D eigenvalue weighted by molar-refractivity contribution is 5.92. The standard InChI is InChI=1S/C19H27N3O2/c1-24-17-9-13-7-16(8-14(13)10-17)21-15-5-4-12-3-2-6-22(19(20)23)18(12)11-15/h4-5,11,13-14,16-17,21H,2-3,6-10H2,1H3,(H2,20,23)/t13-,14+,16?,17?. The summed E-state index contributed by atoms with van der Waals surface area (Å²) in [4.78, 5) is 13.4. The summed E-state index contributed by atoms with van der Waals surface area (Å²) in [5.41, 5.74) is 8.85. The van der Waals surface area contributed by atoms with Gasteiger partial charge in [-0.25, -0.2) is 4.79 Å². The van der Waals surface area contributed by atoms with Crippen LogP contribution >= 0.6 is 0 Å². The van der Waals surface area contributed by atoms with E-state index in [1.54, 1.807) is 4.90 Å². The van der Waals surface area contributed by atoms with Gasteiger partial charge in [-0.2, -0.15) is 0 Å². The predicted molar refractivity (Wildman–Crippen MR) is 95.3 cm³/mol. The molecule has 0 saturated heterocycles. The van der Waals surface area contributed by atoms with Gasteiger partial charge in [-0.1, -0.05) is 6.07 Å². The van der Waals surface area contributed by atoms with E-state index in [0.717, 1.165) is 42.6 Å². The van der Waals surface area contributed by atoms with Crippen molar-refractivity contribution in [3.63, 3.8) is 0 Å². The zero-order valence-electron chi connectivity index (χ0n) is 14.3. The van der Waals surface area contributed by atoms with Gasteiger partial charge in [-0.05, 0) is 68.1 Å². The number of nitrogens with two attached hydrogens (primary N) is 1. The molecule has 2 saturated carbocycles. The van der Waals surface area contributed by atoms with Crippen molar-refractivity contribution < 1.29 is 9.53 Å². The Labute approximate surface area is 143 Å². The number of fused-ring (bicyclic) bond motifs is 2. The van der Waals surface area contributed by atoms with Crippen LogP contribution in [0.3, 0.4) is 0 Å². The third-order valence-corrected chi connectivity index (χ3v) is 6.15. The van der Waals surface area contributed by atoms with Crippen LogP contribution in [0.1, 0.15) is 37.7 Å². The zero-order chi connectivity index (χ0) is 16.7. The molecular weight excluding hydrogens is 302 g/mol. The fourth-order valence-corrected chi connectivity index (χ4v) is 5.00. The van der Waals surface area contributed by atoms with E-state index in [1.807, 2.05) is 7.11 Å². The summed E-state index contributed by atoms with van der Waals surface area (Å²) >= 11 is 0. The fourth-order valence-electron chi connectivity index (χ4n) is 5.00. The Morgan fingerprint density at radius 1 is 1.25 bits per heavy atom. The minimum absolute atomic E-state index is 0.353. The minimum atomic E-state index is -0.353. The molecule has 3 aliphatic rings. The molecule has 0 spiro atoms. The Morgan fingerprint density at radius 2 is 2.00 bits per heavy atom. The monoisotopic (exact) mass is 329 g/mol. The van der Waals surface area contributed by atoms with Gasteiger partial charge in [-0.3, -0.25) is 4.90 Å². The number of aryl methyl sites for hydroxylation is 1. The molecule has 1 aromatic carbocycles. The molecule has 4 rings (SSSR count). The third kappa shape index (κ3) is 2.86. The van der Waals surface area contributed by atoms with Gasteiger partial charge in [0.25, 0.3) is 0 Å². The second kappa shape index (κ2) is 6.28. The predicted octanol–water partition coefficient (Wildman–Crippen LogP) is 3.13. The number of hydrogen-bond donors (Lipinski definition) is 2. The number of nitrogens with zero attached hydrogens (tertiary/aromatic N) is 1. The quantitative estimate of drug-likeness (QED) is 0.895. The van der Waals surface area contributed by atoms with Crippen molar-refractivity contribution in [2.75, 3.05) is 23.9 Å². The molecule has 4 atom stereocenters. The number of amides is 2. The fraction of sp³-hybridized carbons (Fsp3) is 0.632. The topological polar surface area (TPSA) is 67.6 Å². The van der Waals surface area contributed by atoms with E-state index in [0.29, 0.717) is 12.1 Å². The number of primary amides is 1. The molecular formula is C19H27N3O2. The second-order valence-electron chi connectivity index (χ2n) is 7.60. The maximum atomic E-state index is 11.7. The highest BCUT2D eigenvalue weighted by Crippen LogP contribution is 2.46. The zero-order valence-corrected chi connectivity index (χ0v) is 14.3. The van der Waals surface area contributed by atoms with E-state index < -0.39 is 0 Å². The first-order valence-corrected chi connectivity index (χ1v) is 9.13. The van der Waals surface area contributed by atoms with Gasteiger partial charge >= 0.3 is 6.03 Å². The lowest BCUT2D eigenvalue weighted by Gasteiger charge is -2.29. The summed E-state index contributed by atoms with van der Waals surface area (Å²) in [7, 11) is 1.83. The normalized spacial score (nSPS) is 31.6. The van der Waals surface area contributed by atoms with E-state index in [9.17, 15) is 4.79 Å². The molecule has 2 aliphatic carbocycles. The van der Waals surface area contributed by atoms with Crippen molar-refractivity contribution in [3.8, 4) is 0 Å². The van der Waals surface area contributed by atoms with Crippen LogP contribution in [0, 0.1) is 11.8 Å². The number of ether oxygens (including phenoxy) is 1. The van der Waals surface area contributed by atoms with Gasteiger partial charge in [0.05, 0.1) is 11.8 Å². The van der Waals surface area contributed by atoms with Crippen LogP contribution in [-0.4, -0.2) is 31.8 Å². The molecule has 5 heteroatoms. The third-order valence-electron chi connectivity index (χ3n) is 6.15. The molecule has 2 unspecified atom stereocenters. The Balaban J connectivity index is 1.45. The lowest BCUT2D eigenvalue weighted by atomic mass is 10.0. The molecule has 0 bridgehead atoms. The van der Waals surface area contributed by atoms with Crippen LogP contribution in [0.4, 0.5) is 16.2 Å². The van der Waals surface area contributed by atoms with Crippen LogP contribution in [0.5, 0.6) is 0 Å². The van der Waals surface area contributed by atoms with E-state index in [1.165, 1.54) is 31.2 Å². The van der Waals surface area contributed by atoms with Crippen molar-refractivity contribution >= 4 is 17.4 Å². The highest BCUT2D eigenvalue weighted by Gasteiger charge is 2.41. The summed E-state index contributed by atoms with van der Waals surface area (Å²) in [5, 5.41) is 3.69. The number of urea groups is 1. The molecule has 24 heavy (non-hydrogen) atoms. The summed E-state index contributed by atoms with van der Waals surface area (Å²) in [6.07, 6.45) is 7.33. The molecule has 5 nitrogen and oxygen atoms in total. The molecule has 0 radical (unpaired) electrons. The number of carbonyl (C=O) groups excluding carboxylic acids is 1. The van der Waals surface area contributed by atoms with Crippen LogP contribution in [0.2, 0.25) is 0 Å². The maximum Gasteiger partial charge on any atom is 0.319 e. The first-order chi connectivity index (χ1) is 11.6. The SMILES string of the molecule is COC1C[C@H]2CC(Nc3ccc4c(c3)N(C(N)=O)CCC4)C[C@H]2C1. The molecule has 1 aromatic rings. The van der Waals surface area contributed by atoms with Gasteiger partial charge in [0, 0.05) is 25.4 Å². The van der Waals surface area contributed by atoms with Crippen molar-refractivity contribution in [3.05, 3.63) is 23.8 Å². The molecule has 0 aromatic heterocycles. The first kappa shape index (κ1) is 15.8. The lowest BCUT2D eigenvalue weighted by molar-refractivity contribution is 0.101. The molecule has 1 heterocycles. The van der Waals surface area contributed by atoms with Crippen LogP contribution < -0.4 is 16.0 Å². The molecule has 2 amide bonds. The molecule has 2 fully saturated rings. The lowest BCUT2D eigenvalue weighted by Crippen LogP contribution is -2.39. The summed E-state index contributed by atoms with van der Waals surface area (Å²) < 4.78 is 5.53. The largest absolute Gasteiger partial charge is 0.382 e. The maximum absolute atomic E-state index is 11.7. The number of rotatable bonds is 3. The van der Waals surface area contributed by atoms with E-state index in [-0.39, 0.29) is 6.03 Å². The number of nitrogens with one attached hydrogen (secondary N) is 1. The van der Waals surface area contributed by atoms with Gasteiger partial charge in [-0.15, -0.1) is 0 Å². The average Bonchev–Trinajstić information content (AvgIpc) is 3.11. The smallest absolute Gasteiger partial charge is 0.319 e. The van der Waals surface area contributed by atoms with Crippen LogP contribution in [-0.2, 0) is 11.2 Å². The van der Waals surface area contributed by atoms with E-state index in [4.69, 9.17) is 10.5 Å². The van der Waals surface area contributed by atoms with E-state index >= 15 is 0 Å². The van der Waals surface area contributed by atoms with Gasteiger partial charge < -0.3 is 15.8 Å². The Morgan fingerprint density at radius 3 is 2.67 bits per heavy atom. The number of benzene rings is 1. The van der Waals surface area contributed by atoms with Crippen molar-refractivity contribution in [1.82, 2.24) is 0 Å². The van der Waals surface area contributed by atoms with E-state index in [2.05, 4.69) is 23.5 Å². The summed E-state index contributed by atoms with van der Waals surface area (Å²) in [6, 6.07) is 6.57. The minimum Gasteiger partial charge on any atom is -0.382 e. The number of carbonyl (C=O) groups is 1. The molecule has 130 valence electrons. The van der Waals surface area contributed by atoms with Crippen molar-refractivity contribution in [1.29, 1.82) is 0 Å². The van der Waals surface area contributed by atoms with Crippen molar-refractivity contribution in [2.45, 2.75) is 50.7 Å².